The molecule has 0 bridgehead atoms. The highest BCUT2D eigenvalue weighted by atomic mass is 35.5. The summed E-state index contributed by atoms with van der Waals surface area (Å²) in [7, 11) is 0. The van der Waals surface area contributed by atoms with Gasteiger partial charge in [0.2, 0.25) is 0 Å². The van der Waals surface area contributed by atoms with E-state index in [1.807, 2.05) is 6.07 Å². The topological polar surface area (TPSA) is 113 Å². The first kappa shape index (κ1) is 24.7. The van der Waals surface area contributed by atoms with Crippen LogP contribution in [0.5, 0.6) is 5.75 Å². The molecule has 1 aliphatic carbocycles. The van der Waals surface area contributed by atoms with Gasteiger partial charge >= 0.3 is 5.97 Å². The molecular formula is C23H27ClO7S. The molecule has 7 nitrogen and oxygen atoms in total. The van der Waals surface area contributed by atoms with Crippen LogP contribution in [0, 0.1) is 11.8 Å². The van der Waals surface area contributed by atoms with Crippen LogP contribution in [0.25, 0.3) is 0 Å². The molecule has 1 aliphatic rings. The molecule has 0 unspecified atom stereocenters. The third-order valence-corrected chi connectivity index (χ3v) is 6.86. The summed E-state index contributed by atoms with van der Waals surface area (Å²) in [6, 6.07) is 8.53. The second-order valence-corrected chi connectivity index (χ2v) is 9.39. The fourth-order valence-corrected chi connectivity index (χ4v) is 5.12. The van der Waals surface area contributed by atoms with Crippen LogP contribution in [-0.4, -0.2) is 53.0 Å². The Labute approximate surface area is 195 Å². The number of ether oxygens (including phenoxy) is 2. The highest BCUT2D eigenvalue weighted by Crippen LogP contribution is 2.34. The van der Waals surface area contributed by atoms with Crippen molar-refractivity contribution in [2.24, 2.45) is 11.8 Å². The molecule has 1 aromatic carbocycles. The third kappa shape index (κ3) is 6.52. The molecule has 174 valence electrons. The number of carbonyl (C=O) groups is 2. The third-order valence-electron chi connectivity index (χ3n) is 5.52. The molecule has 1 aromatic heterocycles. The summed E-state index contributed by atoms with van der Waals surface area (Å²) in [5, 5.41) is 28.9. The van der Waals surface area contributed by atoms with Crippen LogP contribution in [0.2, 0.25) is 5.02 Å². The van der Waals surface area contributed by atoms with E-state index in [0.29, 0.717) is 34.1 Å². The Morgan fingerprint density at radius 1 is 1.22 bits per heavy atom. The molecule has 9 heteroatoms. The Morgan fingerprint density at radius 2 is 2.03 bits per heavy atom. The largest absolute Gasteiger partial charge is 0.493 e. The average molecular weight is 483 g/mol. The Bertz CT molecular complexity index is 929. The van der Waals surface area contributed by atoms with Gasteiger partial charge in [0.25, 0.3) is 0 Å². The molecule has 0 saturated heterocycles. The zero-order valence-electron chi connectivity index (χ0n) is 17.5. The number of thiophene rings is 1. The fraction of sp³-hybridized carbons (Fsp3) is 0.478. The van der Waals surface area contributed by atoms with Crippen LogP contribution in [0.1, 0.15) is 39.4 Å². The van der Waals surface area contributed by atoms with Gasteiger partial charge in [-0.3, -0.25) is 4.79 Å². The number of aryl methyl sites for hydroxylation is 1. The summed E-state index contributed by atoms with van der Waals surface area (Å²) in [6.07, 6.45) is 1.43. The number of esters is 1. The first-order valence-electron chi connectivity index (χ1n) is 10.5. The van der Waals surface area contributed by atoms with Gasteiger partial charge < -0.3 is 24.8 Å². The van der Waals surface area contributed by atoms with E-state index < -0.39 is 12.1 Å². The zero-order valence-corrected chi connectivity index (χ0v) is 19.1. The minimum absolute atomic E-state index is 0.0296. The van der Waals surface area contributed by atoms with Crippen molar-refractivity contribution in [1.29, 1.82) is 0 Å². The molecule has 0 radical (unpaired) electrons. The molecule has 2 aromatic rings. The average Bonchev–Trinajstić information content (AvgIpc) is 3.34. The maximum absolute atomic E-state index is 12.4. The Hall–Kier alpha value is -1.97. The van der Waals surface area contributed by atoms with Crippen molar-refractivity contribution in [2.45, 2.75) is 38.4 Å². The van der Waals surface area contributed by atoms with E-state index in [0.717, 1.165) is 11.3 Å². The van der Waals surface area contributed by atoms with Gasteiger partial charge in [-0.05, 0) is 55.2 Å². The van der Waals surface area contributed by atoms with E-state index in [1.54, 1.807) is 24.3 Å². The van der Waals surface area contributed by atoms with Gasteiger partial charge in [0.15, 0.2) is 0 Å². The van der Waals surface area contributed by atoms with Gasteiger partial charge in [-0.2, -0.15) is 0 Å². The summed E-state index contributed by atoms with van der Waals surface area (Å²) < 4.78 is 10.7. The number of halogens is 1. The number of aliphatic hydroxyl groups excluding tert-OH is 3. The van der Waals surface area contributed by atoms with Crippen molar-refractivity contribution in [3.8, 4) is 5.75 Å². The maximum atomic E-state index is 12.4. The van der Waals surface area contributed by atoms with Gasteiger partial charge in [0, 0.05) is 28.2 Å². The van der Waals surface area contributed by atoms with Crippen molar-refractivity contribution in [3.63, 3.8) is 0 Å². The van der Waals surface area contributed by atoms with E-state index in [-0.39, 0.29) is 50.5 Å². The Balaban J connectivity index is 1.53. The van der Waals surface area contributed by atoms with Crippen molar-refractivity contribution in [1.82, 2.24) is 0 Å². The molecule has 32 heavy (non-hydrogen) atoms. The number of hydrogen-bond donors (Lipinski definition) is 3. The predicted octanol–water partition coefficient (Wildman–Crippen LogP) is 3.01. The van der Waals surface area contributed by atoms with Gasteiger partial charge in [0.1, 0.15) is 23.0 Å². The number of hydrogen-bond acceptors (Lipinski definition) is 8. The molecule has 3 N–H and O–H groups in total. The molecule has 1 fully saturated rings. The number of benzene rings is 1. The summed E-state index contributed by atoms with van der Waals surface area (Å²) >= 11 is 7.38. The lowest BCUT2D eigenvalue weighted by molar-refractivity contribution is -0.121. The van der Waals surface area contributed by atoms with E-state index >= 15 is 0 Å². The van der Waals surface area contributed by atoms with E-state index in [1.165, 1.54) is 11.3 Å². The van der Waals surface area contributed by atoms with Crippen molar-refractivity contribution >= 4 is 34.7 Å². The fourth-order valence-electron chi connectivity index (χ4n) is 3.93. The summed E-state index contributed by atoms with van der Waals surface area (Å²) in [6.45, 7) is -0.218. The molecule has 3 atom stereocenters. The number of ketones is 1. The molecule has 0 aliphatic heterocycles. The highest BCUT2D eigenvalue weighted by molar-refractivity contribution is 7.13. The number of rotatable bonds is 11. The number of Topliss-reactive ketones (excluding diaryl/α,β-unsaturated/α-hetero) is 1. The van der Waals surface area contributed by atoms with Gasteiger partial charge in [-0.1, -0.05) is 11.6 Å². The molecule has 1 saturated carbocycles. The smallest absolute Gasteiger partial charge is 0.348 e. The number of aliphatic hydroxyl groups is 3. The monoisotopic (exact) mass is 482 g/mol. The van der Waals surface area contributed by atoms with Crippen LogP contribution in [0.15, 0.2) is 30.3 Å². The zero-order chi connectivity index (χ0) is 23.1. The van der Waals surface area contributed by atoms with Gasteiger partial charge in [-0.25, -0.2) is 4.79 Å². The van der Waals surface area contributed by atoms with E-state index in [4.69, 9.17) is 26.2 Å². The van der Waals surface area contributed by atoms with E-state index in [2.05, 4.69) is 0 Å². The maximum Gasteiger partial charge on any atom is 0.348 e. The van der Waals surface area contributed by atoms with Gasteiger partial charge in [0.05, 0.1) is 25.9 Å². The summed E-state index contributed by atoms with van der Waals surface area (Å²) in [5.74, 6) is -0.535. The SMILES string of the molecule is O=C(OCCO)c1ccc(CCC[C@H]2C(=O)C[C@@H](O)[C@@H]2COc2cc(Cl)cc(CO)c2)s1. The second kappa shape index (κ2) is 11.8. The number of carbonyl (C=O) groups excluding carboxylic acids is 2. The van der Waals surface area contributed by atoms with Crippen LogP contribution < -0.4 is 4.74 Å². The summed E-state index contributed by atoms with van der Waals surface area (Å²) in [4.78, 5) is 25.8. The first-order chi connectivity index (χ1) is 15.4. The molecule has 1 heterocycles. The normalized spacial score (nSPS) is 20.5. The van der Waals surface area contributed by atoms with Crippen LogP contribution in [0.4, 0.5) is 0 Å². The second-order valence-electron chi connectivity index (χ2n) is 7.79. The lowest BCUT2D eigenvalue weighted by Crippen LogP contribution is -2.27. The summed E-state index contributed by atoms with van der Waals surface area (Å²) in [5.41, 5.74) is 0.627. The van der Waals surface area contributed by atoms with Crippen molar-refractivity contribution in [2.75, 3.05) is 19.8 Å². The standard InChI is InChI=1S/C23H27ClO7S/c24-15-8-14(12-26)9-16(10-15)31-13-19-18(20(27)11-21(19)28)3-1-2-17-4-5-22(32-17)23(29)30-7-6-25/h4-5,8-10,18-19,21,25-26,28H,1-3,6-7,11-13H2/t18-,19-,21-/m1/s1. The molecule has 3 rings (SSSR count). The van der Waals surface area contributed by atoms with Gasteiger partial charge in [-0.15, -0.1) is 11.3 Å². The lowest BCUT2D eigenvalue weighted by atomic mass is 9.90. The molecular weight excluding hydrogens is 456 g/mol. The Morgan fingerprint density at radius 3 is 2.78 bits per heavy atom. The molecule has 0 spiro atoms. The highest BCUT2D eigenvalue weighted by Gasteiger charge is 2.41. The predicted molar refractivity (Wildman–Crippen MR) is 120 cm³/mol. The first-order valence-corrected chi connectivity index (χ1v) is 11.7. The molecule has 0 amide bonds. The Kier molecular flexibility index (Phi) is 9.07. The minimum atomic E-state index is -0.751. The van der Waals surface area contributed by atoms with Crippen LogP contribution in [0.3, 0.4) is 0 Å². The van der Waals surface area contributed by atoms with E-state index in [9.17, 15) is 19.8 Å². The van der Waals surface area contributed by atoms with Crippen LogP contribution in [-0.2, 0) is 22.6 Å². The minimum Gasteiger partial charge on any atom is -0.493 e. The quantitative estimate of drug-likeness (QED) is 0.422. The van der Waals surface area contributed by atoms with Crippen LogP contribution >= 0.6 is 22.9 Å². The van der Waals surface area contributed by atoms with Crippen molar-refractivity contribution < 1.29 is 34.4 Å². The van der Waals surface area contributed by atoms with Crippen molar-refractivity contribution in [3.05, 3.63) is 50.7 Å². The lowest BCUT2D eigenvalue weighted by Gasteiger charge is -2.21.